The number of anilines is 1. The Bertz CT molecular complexity index is 1310. The maximum atomic E-state index is 12.4. The van der Waals surface area contributed by atoms with Crippen molar-refractivity contribution >= 4 is 23.5 Å². The fourth-order valence-corrected chi connectivity index (χ4v) is 5.04. The third-order valence-electron chi connectivity index (χ3n) is 6.86. The number of aliphatic hydroxyl groups is 1. The van der Waals surface area contributed by atoms with E-state index in [0.717, 1.165) is 24.0 Å². The van der Waals surface area contributed by atoms with Gasteiger partial charge in [0.05, 0.1) is 34.6 Å². The number of amides is 1. The van der Waals surface area contributed by atoms with Crippen molar-refractivity contribution in [3.05, 3.63) is 40.2 Å². The first-order valence-electron chi connectivity index (χ1n) is 13.5. The second kappa shape index (κ2) is 13.3. The van der Waals surface area contributed by atoms with Crippen LogP contribution in [0.15, 0.2) is 22.7 Å². The van der Waals surface area contributed by atoms with Gasteiger partial charge in [-0.2, -0.15) is 0 Å². The number of rotatable bonds is 11. The largest absolute Gasteiger partial charge is 0.491 e. The van der Waals surface area contributed by atoms with Gasteiger partial charge in [-0.3, -0.25) is 0 Å². The number of likely N-dealkylation sites (N-methyl/N-ethyl adjacent to an activating group) is 1. The van der Waals surface area contributed by atoms with Crippen LogP contribution in [0.5, 0.6) is 5.75 Å². The third kappa shape index (κ3) is 6.65. The molecule has 3 heterocycles. The third-order valence-corrected chi connectivity index (χ3v) is 7.19. The number of nitrogens with one attached hydrogen (secondary N) is 2. The standard InChI is InChI=1S/C28H37ClN6O5/c1-6-38-28(37)35-11-7-8-19(35)13-31-26-16(2)25(24-17(3)34-40-18(24)4)32-27(33-26)22-12-21(9-10-23(22)29)39-15-20(36)14-30-5/h9-10,12,19-20,30,36H,6-8,11,13-15H2,1-5H3,(H,31,32,33)/t19-,20-/m1/s1. The number of likely N-dealkylation sites (tertiary alicyclic amines) is 1. The molecular formula is C28H37ClN6O5. The fourth-order valence-electron chi connectivity index (χ4n) is 4.84. The molecular weight excluding hydrogens is 536 g/mol. The Morgan fingerprint density at radius 3 is 2.80 bits per heavy atom. The predicted molar refractivity (Wildman–Crippen MR) is 153 cm³/mol. The summed E-state index contributed by atoms with van der Waals surface area (Å²) in [5, 5.41) is 21.0. The van der Waals surface area contributed by atoms with E-state index in [-0.39, 0.29) is 18.7 Å². The highest BCUT2D eigenvalue weighted by molar-refractivity contribution is 6.33. The van der Waals surface area contributed by atoms with Crippen LogP contribution in [0.2, 0.25) is 5.02 Å². The van der Waals surface area contributed by atoms with Crippen LogP contribution in [-0.2, 0) is 4.74 Å². The first-order valence-corrected chi connectivity index (χ1v) is 13.9. The molecule has 2 atom stereocenters. The van der Waals surface area contributed by atoms with Crippen molar-refractivity contribution in [1.82, 2.24) is 25.3 Å². The molecule has 1 aliphatic heterocycles. The van der Waals surface area contributed by atoms with Crippen LogP contribution < -0.4 is 15.4 Å². The van der Waals surface area contributed by atoms with Gasteiger partial charge in [-0.15, -0.1) is 0 Å². The van der Waals surface area contributed by atoms with Gasteiger partial charge >= 0.3 is 6.09 Å². The van der Waals surface area contributed by atoms with Crippen molar-refractivity contribution in [2.75, 3.05) is 45.2 Å². The van der Waals surface area contributed by atoms with Crippen molar-refractivity contribution < 1.29 is 23.9 Å². The fraction of sp³-hybridized carbons (Fsp3) is 0.500. The molecule has 1 fully saturated rings. The molecule has 1 saturated heterocycles. The first-order chi connectivity index (χ1) is 19.2. The monoisotopic (exact) mass is 572 g/mol. The highest BCUT2D eigenvalue weighted by Gasteiger charge is 2.30. The van der Waals surface area contributed by atoms with Crippen LogP contribution in [-0.4, -0.2) is 83.3 Å². The molecule has 0 aliphatic carbocycles. The molecule has 3 N–H and O–H groups in total. The van der Waals surface area contributed by atoms with Crippen LogP contribution in [0.25, 0.3) is 22.6 Å². The summed E-state index contributed by atoms with van der Waals surface area (Å²) >= 11 is 6.64. The lowest BCUT2D eigenvalue weighted by atomic mass is 10.0. The quantitative estimate of drug-likeness (QED) is 0.304. The highest BCUT2D eigenvalue weighted by atomic mass is 35.5. The number of hydrogen-bond donors (Lipinski definition) is 3. The summed E-state index contributed by atoms with van der Waals surface area (Å²) in [6.45, 7) is 9.48. The maximum Gasteiger partial charge on any atom is 0.410 e. The molecule has 216 valence electrons. The van der Waals surface area contributed by atoms with Gasteiger partial charge in [-0.25, -0.2) is 14.8 Å². The van der Waals surface area contributed by atoms with Crippen molar-refractivity contribution in [2.24, 2.45) is 0 Å². The van der Waals surface area contributed by atoms with E-state index in [4.69, 9.17) is 35.6 Å². The maximum absolute atomic E-state index is 12.4. The zero-order valence-corrected chi connectivity index (χ0v) is 24.3. The van der Waals surface area contributed by atoms with E-state index in [1.54, 1.807) is 37.1 Å². The Morgan fingerprint density at radius 2 is 2.10 bits per heavy atom. The van der Waals surface area contributed by atoms with E-state index >= 15 is 0 Å². The summed E-state index contributed by atoms with van der Waals surface area (Å²) in [5.41, 5.74) is 3.56. The lowest BCUT2D eigenvalue weighted by Gasteiger charge is -2.25. The highest BCUT2D eigenvalue weighted by Crippen LogP contribution is 2.36. The molecule has 0 bridgehead atoms. The molecule has 11 nitrogen and oxygen atoms in total. The lowest BCUT2D eigenvalue weighted by molar-refractivity contribution is 0.104. The van der Waals surface area contributed by atoms with Gasteiger partial charge < -0.3 is 34.6 Å². The zero-order chi connectivity index (χ0) is 28.8. The molecule has 1 aromatic carbocycles. The summed E-state index contributed by atoms with van der Waals surface area (Å²) in [6, 6.07) is 5.20. The molecule has 12 heteroatoms. The van der Waals surface area contributed by atoms with E-state index < -0.39 is 6.10 Å². The second-order valence-corrected chi connectivity index (χ2v) is 10.2. The molecule has 2 aromatic heterocycles. The molecule has 1 amide bonds. The van der Waals surface area contributed by atoms with Gasteiger partial charge in [0.15, 0.2) is 5.82 Å². The molecule has 0 radical (unpaired) electrons. The summed E-state index contributed by atoms with van der Waals surface area (Å²) in [4.78, 5) is 24.0. The average Bonchev–Trinajstić information content (AvgIpc) is 3.54. The van der Waals surface area contributed by atoms with Gasteiger partial charge in [-0.05, 0) is 65.8 Å². The number of aliphatic hydroxyl groups excluding tert-OH is 1. The minimum absolute atomic E-state index is 0.0243. The van der Waals surface area contributed by atoms with Crippen LogP contribution >= 0.6 is 11.6 Å². The van der Waals surface area contributed by atoms with Crippen LogP contribution in [0.1, 0.15) is 36.8 Å². The number of hydrogen-bond acceptors (Lipinski definition) is 10. The summed E-state index contributed by atoms with van der Waals surface area (Å²) in [6.07, 6.45) is 0.817. The lowest BCUT2D eigenvalue weighted by Crippen LogP contribution is -2.40. The number of ether oxygens (including phenoxy) is 2. The number of carbonyl (C=O) groups excluding carboxylic acids is 1. The Balaban J connectivity index is 1.70. The number of nitrogens with zero attached hydrogens (tertiary/aromatic N) is 4. The topological polar surface area (TPSA) is 135 Å². The minimum atomic E-state index is -0.661. The Labute approximate surface area is 239 Å². The summed E-state index contributed by atoms with van der Waals surface area (Å²) < 4.78 is 16.5. The van der Waals surface area contributed by atoms with Gasteiger partial charge in [0.2, 0.25) is 0 Å². The molecule has 0 unspecified atom stereocenters. The van der Waals surface area contributed by atoms with Gasteiger partial charge in [0, 0.05) is 30.8 Å². The molecule has 1 aliphatic rings. The molecule has 0 spiro atoms. The zero-order valence-electron chi connectivity index (χ0n) is 23.6. The smallest absolute Gasteiger partial charge is 0.410 e. The molecule has 40 heavy (non-hydrogen) atoms. The van der Waals surface area contributed by atoms with Crippen LogP contribution in [0.4, 0.5) is 10.6 Å². The minimum Gasteiger partial charge on any atom is -0.491 e. The van der Waals surface area contributed by atoms with Crippen molar-refractivity contribution in [3.63, 3.8) is 0 Å². The summed E-state index contributed by atoms with van der Waals surface area (Å²) in [7, 11) is 1.77. The number of aryl methyl sites for hydroxylation is 2. The van der Waals surface area contributed by atoms with Gasteiger partial charge in [-0.1, -0.05) is 16.8 Å². The number of aromatic nitrogens is 3. The number of benzene rings is 1. The normalized spacial score (nSPS) is 15.8. The van der Waals surface area contributed by atoms with Crippen LogP contribution in [0, 0.1) is 20.8 Å². The SMILES string of the molecule is CCOC(=O)N1CCC[C@@H]1CNc1nc(-c2cc(OC[C@H](O)CNC)ccc2Cl)nc(-c2c(C)noc2C)c1C. The van der Waals surface area contributed by atoms with Crippen LogP contribution in [0.3, 0.4) is 0 Å². The van der Waals surface area contributed by atoms with Gasteiger partial charge in [0.25, 0.3) is 0 Å². The number of carbonyl (C=O) groups is 1. The Morgan fingerprint density at radius 1 is 1.30 bits per heavy atom. The summed E-state index contributed by atoms with van der Waals surface area (Å²) in [5.74, 6) is 2.18. The van der Waals surface area contributed by atoms with Crippen molar-refractivity contribution in [2.45, 2.75) is 52.7 Å². The van der Waals surface area contributed by atoms with E-state index in [1.807, 2.05) is 20.8 Å². The Hall–Kier alpha value is -3.41. The Kier molecular flexibility index (Phi) is 9.83. The van der Waals surface area contributed by atoms with Crippen molar-refractivity contribution in [1.29, 1.82) is 0 Å². The van der Waals surface area contributed by atoms with Gasteiger partial charge in [0.1, 0.15) is 30.0 Å². The van der Waals surface area contributed by atoms with E-state index in [1.165, 1.54) is 0 Å². The van der Waals surface area contributed by atoms with E-state index in [9.17, 15) is 9.90 Å². The predicted octanol–water partition coefficient (Wildman–Crippen LogP) is 4.37. The number of halogens is 1. The average molecular weight is 573 g/mol. The van der Waals surface area contributed by atoms with Crippen molar-refractivity contribution in [3.8, 4) is 28.4 Å². The second-order valence-electron chi connectivity index (χ2n) is 9.80. The van der Waals surface area contributed by atoms with E-state index in [0.29, 0.717) is 71.4 Å². The molecule has 4 rings (SSSR count). The molecule has 3 aromatic rings. The first kappa shape index (κ1) is 29.6. The van der Waals surface area contributed by atoms with E-state index in [2.05, 4.69) is 15.8 Å². The molecule has 0 saturated carbocycles.